The zero-order valence-electron chi connectivity index (χ0n) is 9.75. The Balaban J connectivity index is 2.17. The van der Waals surface area contributed by atoms with Crippen LogP contribution in [0.4, 0.5) is 4.39 Å². The molecule has 0 spiro atoms. The van der Waals surface area contributed by atoms with Gasteiger partial charge >= 0.3 is 0 Å². The molecule has 4 heteroatoms. The summed E-state index contributed by atoms with van der Waals surface area (Å²) < 4.78 is 19.3. The number of aliphatic hydroxyl groups is 1. The van der Waals surface area contributed by atoms with Crippen molar-refractivity contribution in [2.45, 2.75) is 37.9 Å². The second-order valence-corrected chi connectivity index (χ2v) is 5.54. The van der Waals surface area contributed by atoms with Crippen molar-refractivity contribution in [2.75, 3.05) is 6.61 Å². The summed E-state index contributed by atoms with van der Waals surface area (Å²) in [7, 11) is 0. The highest BCUT2D eigenvalue weighted by atomic mass is 79.9. The Morgan fingerprint density at radius 1 is 1.59 bits per heavy atom. The molecule has 1 aliphatic heterocycles. The van der Waals surface area contributed by atoms with Crippen LogP contribution in [0.3, 0.4) is 0 Å². The van der Waals surface area contributed by atoms with Gasteiger partial charge in [-0.2, -0.15) is 0 Å². The molecule has 0 amide bonds. The highest BCUT2D eigenvalue weighted by Crippen LogP contribution is 2.31. The molecule has 2 nitrogen and oxygen atoms in total. The van der Waals surface area contributed by atoms with Gasteiger partial charge in [0.2, 0.25) is 0 Å². The fourth-order valence-corrected chi connectivity index (χ4v) is 2.75. The van der Waals surface area contributed by atoms with Crippen LogP contribution in [0.1, 0.15) is 25.3 Å². The van der Waals surface area contributed by atoms with Gasteiger partial charge in [-0.05, 0) is 40.9 Å². The van der Waals surface area contributed by atoms with Gasteiger partial charge in [-0.25, -0.2) is 4.39 Å². The molecule has 1 fully saturated rings. The van der Waals surface area contributed by atoms with Gasteiger partial charge in [0.15, 0.2) is 0 Å². The molecule has 2 atom stereocenters. The molecule has 1 aromatic carbocycles. The molecule has 1 N–H and O–H groups in total. The number of benzene rings is 1. The Bertz CT molecular complexity index is 410. The van der Waals surface area contributed by atoms with E-state index in [2.05, 4.69) is 15.9 Å². The Morgan fingerprint density at radius 3 is 3.06 bits per heavy atom. The second-order valence-electron chi connectivity index (χ2n) is 4.75. The normalized spacial score (nSPS) is 29.3. The van der Waals surface area contributed by atoms with Crippen molar-refractivity contribution in [2.24, 2.45) is 0 Å². The summed E-state index contributed by atoms with van der Waals surface area (Å²) in [5.41, 5.74) is 0.0233. The molecular weight excluding hydrogens is 287 g/mol. The predicted molar refractivity (Wildman–Crippen MR) is 67.4 cm³/mol. The van der Waals surface area contributed by atoms with Gasteiger partial charge in [0.05, 0.1) is 16.2 Å². The molecule has 0 radical (unpaired) electrons. The van der Waals surface area contributed by atoms with Crippen LogP contribution < -0.4 is 0 Å². The zero-order chi connectivity index (χ0) is 12.5. The van der Waals surface area contributed by atoms with Crippen molar-refractivity contribution in [3.63, 3.8) is 0 Å². The summed E-state index contributed by atoms with van der Waals surface area (Å²) in [6, 6.07) is 4.91. The lowest BCUT2D eigenvalue weighted by Crippen LogP contribution is -2.41. The summed E-state index contributed by atoms with van der Waals surface area (Å²) >= 11 is 3.23. The lowest BCUT2D eigenvalue weighted by molar-refractivity contribution is -0.0961. The molecule has 1 heterocycles. The first kappa shape index (κ1) is 13.0. The van der Waals surface area contributed by atoms with Crippen molar-refractivity contribution in [1.29, 1.82) is 0 Å². The van der Waals surface area contributed by atoms with Crippen molar-refractivity contribution >= 4 is 15.9 Å². The zero-order valence-corrected chi connectivity index (χ0v) is 11.3. The van der Waals surface area contributed by atoms with Crippen LogP contribution >= 0.6 is 15.9 Å². The van der Waals surface area contributed by atoms with Crippen LogP contribution in [0.15, 0.2) is 22.7 Å². The maximum Gasteiger partial charge on any atom is 0.137 e. The van der Waals surface area contributed by atoms with Crippen molar-refractivity contribution in [3.05, 3.63) is 34.1 Å². The predicted octanol–water partition coefficient (Wildman–Crippen LogP) is 3.06. The minimum Gasteiger partial charge on any atom is -0.389 e. The summed E-state index contributed by atoms with van der Waals surface area (Å²) in [5.74, 6) is -0.286. The molecule has 0 aromatic heterocycles. The maximum atomic E-state index is 13.4. The van der Waals surface area contributed by atoms with E-state index in [9.17, 15) is 9.50 Å². The molecule has 2 unspecified atom stereocenters. The number of hydrogen-bond donors (Lipinski definition) is 1. The largest absolute Gasteiger partial charge is 0.389 e. The van der Waals surface area contributed by atoms with E-state index < -0.39 is 5.60 Å². The van der Waals surface area contributed by atoms with Crippen LogP contribution in [0.5, 0.6) is 0 Å². The third-order valence-corrected chi connectivity index (χ3v) is 4.08. The van der Waals surface area contributed by atoms with Crippen molar-refractivity contribution in [1.82, 2.24) is 0 Å². The van der Waals surface area contributed by atoms with E-state index >= 15 is 0 Å². The van der Waals surface area contributed by atoms with E-state index in [4.69, 9.17) is 4.74 Å². The van der Waals surface area contributed by atoms with Crippen molar-refractivity contribution in [3.8, 4) is 0 Å². The first-order valence-corrected chi connectivity index (χ1v) is 6.56. The van der Waals surface area contributed by atoms with E-state index in [-0.39, 0.29) is 11.9 Å². The lowest BCUT2D eigenvalue weighted by Gasteiger charge is -2.36. The first-order chi connectivity index (χ1) is 8.00. The van der Waals surface area contributed by atoms with Crippen LogP contribution in [0.25, 0.3) is 0 Å². The van der Waals surface area contributed by atoms with Crippen molar-refractivity contribution < 1.29 is 14.2 Å². The average Bonchev–Trinajstić information content (AvgIpc) is 2.24. The van der Waals surface area contributed by atoms with Crippen LogP contribution in [0, 0.1) is 5.82 Å². The molecule has 1 aliphatic rings. The van der Waals surface area contributed by atoms with Crippen LogP contribution in [-0.2, 0) is 11.2 Å². The standard InChI is InChI=1S/C13H16BrFO2/c1-9-7-13(16,5-6-17-9)8-10-3-2-4-11(15)12(10)14/h2-4,9,16H,5-8H2,1H3. The fourth-order valence-electron chi connectivity index (χ4n) is 2.35. The third-order valence-electron chi connectivity index (χ3n) is 3.19. The minimum atomic E-state index is -0.784. The number of ether oxygens (including phenoxy) is 1. The van der Waals surface area contributed by atoms with Gasteiger partial charge < -0.3 is 9.84 Å². The Labute approximate surface area is 109 Å². The number of hydrogen-bond acceptors (Lipinski definition) is 2. The monoisotopic (exact) mass is 302 g/mol. The summed E-state index contributed by atoms with van der Waals surface area (Å²) in [6.45, 7) is 2.51. The van der Waals surface area contributed by atoms with Crippen LogP contribution in [0.2, 0.25) is 0 Å². The summed E-state index contributed by atoms with van der Waals surface area (Å²) in [5, 5.41) is 10.5. The van der Waals surface area contributed by atoms with Gasteiger partial charge in [0, 0.05) is 19.4 Å². The summed E-state index contributed by atoms with van der Waals surface area (Å²) in [4.78, 5) is 0. The molecule has 2 rings (SSSR count). The maximum absolute atomic E-state index is 13.4. The minimum absolute atomic E-state index is 0.0566. The number of halogens is 2. The molecule has 17 heavy (non-hydrogen) atoms. The van der Waals surface area contributed by atoms with Gasteiger partial charge in [-0.3, -0.25) is 0 Å². The van der Waals surface area contributed by atoms with Gasteiger partial charge in [-0.15, -0.1) is 0 Å². The SMILES string of the molecule is CC1CC(O)(Cc2cccc(F)c2Br)CCO1. The fraction of sp³-hybridized carbons (Fsp3) is 0.538. The second kappa shape index (κ2) is 5.04. The Kier molecular flexibility index (Phi) is 3.85. The van der Waals surface area contributed by atoms with E-state index in [1.807, 2.05) is 13.0 Å². The smallest absolute Gasteiger partial charge is 0.137 e. The highest BCUT2D eigenvalue weighted by molar-refractivity contribution is 9.10. The Morgan fingerprint density at radius 2 is 2.35 bits per heavy atom. The quantitative estimate of drug-likeness (QED) is 0.910. The lowest BCUT2D eigenvalue weighted by atomic mass is 9.85. The summed E-state index contributed by atoms with van der Waals surface area (Å²) in [6.07, 6.45) is 1.70. The Hall–Kier alpha value is -0.450. The van der Waals surface area contributed by atoms with Gasteiger partial charge in [0.25, 0.3) is 0 Å². The van der Waals surface area contributed by atoms with Crippen LogP contribution in [-0.4, -0.2) is 23.4 Å². The molecule has 0 bridgehead atoms. The molecule has 0 saturated carbocycles. The van der Waals surface area contributed by atoms with E-state index in [1.54, 1.807) is 6.07 Å². The first-order valence-electron chi connectivity index (χ1n) is 5.77. The number of rotatable bonds is 2. The van der Waals surface area contributed by atoms with E-state index in [0.29, 0.717) is 30.3 Å². The molecular formula is C13H16BrFO2. The average molecular weight is 303 g/mol. The van der Waals surface area contributed by atoms with Gasteiger partial charge in [-0.1, -0.05) is 12.1 Å². The van der Waals surface area contributed by atoms with E-state index in [0.717, 1.165) is 5.56 Å². The molecule has 0 aliphatic carbocycles. The van der Waals surface area contributed by atoms with E-state index in [1.165, 1.54) is 6.07 Å². The molecule has 1 saturated heterocycles. The topological polar surface area (TPSA) is 29.5 Å². The highest BCUT2D eigenvalue weighted by Gasteiger charge is 2.34. The van der Waals surface area contributed by atoms with Gasteiger partial charge in [0.1, 0.15) is 5.82 Å². The molecule has 1 aromatic rings. The third kappa shape index (κ3) is 3.06. The molecule has 94 valence electrons.